The molecule has 0 fully saturated rings. The molecule has 4 rings (SSSR count). The predicted molar refractivity (Wildman–Crippen MR) is 113 cm³/mol. The maximum atomic E-state index is 5.73. The van der Waals surface area contributed by atoms with E-state index in [0.29, 0.717) is 28.2 Å². The Kier molecular flexibility index (Phi) is 5.99. The molecule has 0 spiro atoms. The molecule has 0 aliphatic carbocycles. The Hall–Kier alpha value is -3.59. The van der Waals surface area contributed by atoms with Gasteiger partial charge in [-0.05, 0) is 24.3 Å². The molecule has 10 heteroatoms. The largest absolute Gasteiger partial charge is 0.497 e. The monoisotopic (exact) mass is 414 g/mol. The van der Waals surface area contributed by atoms with Crippen LogP contribution in [0.3, 0.4) is 0 Å². The van der Waals surface area contributed by atoms with Crippen LogP contribution >= 0.6 is 11.6 Å². The zero-order valence-electron chi connectivity index (χ0n) is 16.0. The minimum absolute atomic E-state index is 0.225. The minimum atomic E-state index is 0.225. The van der Waals surface area contributed by atoms with Gasteiger partial charge in [-0.3, -0.25) is 0 Å². The zero-order valence-corrected chi connectivity index (χ0v) is 16.8. The minimum Gasteiger partial charge on any atom is -0.497 e. The summed E-state index contributed by atoms with van der Waals surface area (Å²) in [5.41, 5.74) is 14.0. The molecule has 0 saturated carbocycles. The van der Waals surface area contributed by atoms with Crippen molar-refractivity contribution in [3.63, 3.8) is 0 Å². The molecule has 29 heavy (non-hydrogen) atoms. The molecule has 2 heterocycles. The van der Waals surface area contributed by atoms with Gasteiger partial charge >= 0.3 is 0 Å². The molecule has 2 aromatic carbocycles. The van der Waals surface area contributed by atoms with Gasteiger partial charge in [0.05, 0.1) is 43.4 Å². The highest BCUT2D eigenvalue weighted by Crippen LogP contribution is 2.24. The third kappa shape index (κ3) is 4.46. The van der Waals surface area contributed by atoms with E-state index >= 15 is 0 Å². The van der Waals surface area contributed by atoms with Gasteiger partial charge in [-0.2, -0.15) is 0 Å². The van der Waals surface area contributed by atoms with Crippen molar-refractivity contribution in [3.05, 3.63) is 41.6 Å². The molecule has 150 valence electrons. The van der Waals surface area contributed by atoms with Gasteiger partial charge in [0.1, 0.15) is 11.5 Å². The molecule has 0 radical (unpaired) electrons. The Morgan fingerprint density at radius 2 is 1.17 bits per heavy atom. The fourth-order valence-electron chi connectivity index (χ4n) is 2.46. The van der Waals surface area contributed by atoms with Crippen LogP contribution in [0.4, 0.5) is 11.6 Å². The van der Waals surface area contributed by atoms with Gasteiger partial charge in [-0.25, -0.2) is 19.9 Å². The highest BCUT2D eigenvalue weighted by molar-refractivity contribution is 6.31. The average Bonchev–Trinajstić information content (AvgIpc) is 2.73. The summed E-state index contributed by atoms with van der Waals surface area (Å²) < 4.78 is 15.1. The fraction of sp³-hybridized carbons (Fsp3) is 0.158. The Labute approximate surface area is 171 Å². The highest BCUT2D eigenvalue weighted by Gasteiger charge is 2.06. The Morgan fingerprint density at radius 1 is 0.655 bits per heavy atom. The lowest BCUT2D eigenvalue weighted by Crippen LogP contribution is -1.99. The molecule has 0 unspecified atom stereocenters. The standard InChI is InChI=1S/C10H11N3O2.C9H8ClN3O/c1-14-6-3-4-7-8(5-6)12-9(11)10(13-7)15-2;1-14-5-2-3-6-7(4-5)13-9(11)8(10)12-6/h3-5H,1-2H3,(H2,11,12);2-4H,1H3,(H2,11,13). The van der Waals surface area contributed by atoms with Crippen LogP contribution < -0.4 is 25.7 Å². The normalized spacial score (nSPS) is 10.3. The molecule has 2 aromatic heterocycles. The van der Waals surface area contributed by atoms with Crippen LogP contribution in [0.15, 0.2) is 36.4 Å². The number of benzene rings is 2. The number of ether oxygens (including phenoxy) is 3. The summed E-state index contributed by atoms with van der Waals surface area (Å²) in [7, 11) is 4.70. The predicted octanol–water partition coefficient (Wildman–Crippen LogP) is 3.10. The summed E-state index contributed by atoms with van der Waals surface area (Å²) in [5, 5.41) is 0.225. The van der Waals surface area contributed by atoms with Gasteiger partial charge in [0, 0.05) is 12.1 Å². The first-order chi connectivity index (χ1) is 13.9. The summed E-state index contributed by atoms with van der Waals surface area (Å²) in [5.74, 6) is 2.29. The summed E-state index contributed by atoms with van der Waals surface area (Å²) in [6.07, 6.45) is 0. The summed E-state index contributed by atoms with van der Waals surface area (Å²) in [6.45, 7) is 0. The van der Waals surface area contributed by atoms with Crippen molar-refractivity contribution in [2.24, 2.45) is 0 Å². The smallest absolute Gasteiger partial charge is 0.257 e. The van der Waals surface area contributed by atoms with Gasteiger partial charge in [0.2, 0.25) is 0 Å². The molecule has 9 nitrogen and oxygen atoms in total. The third-order valence-electron chi connectivity index (χ3n) is 3.91. The number of nitrogens with two attached hydrogens (primary N) is 2. The summed E-state index contributed by atoms with van der Waals surface area (Å²) in [6, 6.07) is 10.7. The molecule has 0 amide bonds. The number of anilines is 2. The van der Waals surface area contributed by atoms with Gasteiger partial charge in [0.25, 0.3) is 5.88 Å². The molecule has 4 N–H and O–H groups in total. The van der Waals surface area contributed by atoms with Crippen molar-refractivity contribution in [1.29, 1.82) is 0 Å². The van der Waals surface area contributed by atoms with E-state index in [1.165, 1.54) is 7.11 Å². The number of methoxy groups -OCH3 is 3. The quantitative estimate of drug-likeness (QED) is 0.518. The van der Waals surface area contributed by atoms with E-state index in [0.717, 1.165) is 11.3 Å². The molecule has 4 aromatic rings. The van der Waals surface area contributed by atoms with E-state index in [2.05, 4.69) is 19.9 Å². The molecular formula is C19H19ClN6O3. The number of hydrogen-bond acceptors (Lipinski definition) is 9. The molecule has 0 atom stereocenters. The van der Waals surface area contributed by atoms with E-state index in [-0.39, 0.29) is 16.8 Å². The lowest BCUT2D eigenvalue weighted by atomic mass is 10.3. The topological polar surface area (TPSA) is 131 Å². The molecule has 0 bridgehead atoms. The van der Waals surface area contributed by atoms with Crippen molar-refractivity contribution >= 4 is 45.3 Å². The van der Waals surface area contributed by atoms with Crippen molar-refractivity contribution in [2.45, 2.75) is 0 Å². The highest BCUT2D eigenvalue weighted by atomic mass is 35.5. The second-order valence-electron chi connectivity index (χ2n) is 5.73. The number of nitrogen functional groups attached to an aromatic ring is 2. The Bertz CT molecular complexity index is 1170. The fourth-order valence-corrected chi connectivity index (χ4v) is 2.60. The Balaban J connectivity index is 0.000000166. The van der Waals surface area contributed by atoms with Crippen LogP contribution in [0, 0.1) is 0 Å². The molecular weight excluding hydrogens is 396 g/mol. The second-order valence-corrected chi connectivity index (χ2v) is 6.09. The average molecular weight is 415 g/mol. The first-order valence-corrected chi connectivity index (χ1v) is 8.75. The van der Waals surface area contributed by atoms with Gasteiger partial charge in [-0.1, -0.05) is 11.6 Å². The van der Waals surface area contributed by atoms with Crippen LogP contribution in [0.25, 0.3) is 22.1 Å². The van der Waals surface area contributed by atoms with Crippen molar-refractivity contribution in [2.75, 3.05) is 32.8 Å². The number of nitrogens with zero attached hydrogens (tertiary/aromatic N) is 4. The number of fused-ring (bicyclic) bond motifs is 2. The van der Waals surface area contributed by atoms with E-state index in [4.69, 9.17) is 37.3 Å². The first-order valence-electron chi connectivity index (χ1n) is 8.37. The number of hydrogen-bond donors (Lipinski definition) is 2. The van der Waals surface area contributed by atoms with Crippen molar-refractivity contribution in [1.82, 2.24) is 19.9 Å². The Morgan fingerprint density at radius 3 is 1.69 bits per heavy atom. The maximum Gasteiger partial charge on any atom is 0.257 e. The first kappa shape index (κ1) is 20.2. The summed E-state index contributed by atoms with van der Waals surface area (Å²) in [4.78, 5) is 16.5. The van der Waals surface area contributed by atoms with Crippen LogP contribution in [0.1, 0.15) is 0 Å². The van der Waals surface area contributed by atoms with Crippen LogP contribution in [0.5, 0.6) is 17.4 Å². The van der Waals surface area contributed by atoms with Crippen LogP contribution in [-0.4, -0.2) is 41.3 Å². The van der Waals surface area contributed by atoms with Gasteiger partial charge in [0.15, 0.2) is 16.8 Å². The van der Waals surface area contributed by atoms with E-state index < -0.39 is 0 Å². The lowest BCUT2D eigenvalue weighted by molar-refractivity contribution is 0.400. The van der Waals surface area contributed by atoms with Crippen molar-refractivity contribution in [3.8, 4) is 17.4 Å². The van der Waals surface area contributed by atoms with Crippen molar-refractivity contribution < 1.29 is 14.2 Å². The third-order valence-corrected chi connectivity index (χ3v) is 4.19. The SMILES string of the molecule is COc1ccc2nc(Cl)c(N)nc2c1.COc1ccc2nc(OC)c(N)nc2c1. The van der Waals surface area contributed by atoms with Crippen LogP contribution in [-0.2, 0) is 0 Å². The van der Waals surface area contributed by atoms with Gasteiger partial charge < -0.3 is 25.7 Å². The number of aromatic nitrogens is 4. The lowest BCUT2D eigenvalue weighted by Gasteiger charge is -2.05. The number of halogens is 1. The van der Waals surface area contributed by atoms with E-state index in [9.17, 15) is 0 Å². The molecule has 0 aliphatic rings. The second kappa shape index (κ2) is 8.61. The van der Waals surface area contributed by atoms with Crippen LogP contribution in [0.2, 0.25) is 5.15 Å². The van der Waals surface area contributed by atoms with Gasteiger partial charge in [-0.15, -0.1) is 0 Å². The van der Waals surface area contributed by atoms with E-state index in [1.54, 1.807) is 38.5 Å². The van der Waals surface area contributed by atoms with E-state index in [1.807, 2.05) is 12.1 Å². The summed E-state index contributed by atoms with van der Waals surface area (Å²) >= 11 is 5.73. The molecule has 0 aliphatic heterocycles. The molecule has 0 saturated heterocycles. The number of rotatable bonds is 3. The zero-order chi connectivity index (χ0) is 21.0. The maximum absolute atomic E-state index is 5.73.